The van der Waals surface area contributed by atoms with Crippen LogP contribution in [0, 0.1) is 0 Å². The van der Waals surface area contributed by atoms with Crippen molar-refractivity contribution < 1.29 is 4.57 Å². The van der Waals surface area contributed by atoms with E-state index in [0.29, 0.717) is 0 Å². The van der Waals surface area contributed by atoms with Gasteiger partial charge in [-0.05, 0) is 24.6 Å². The predicted molar refractivity (Wildman–Crippen MR) is 81.8 cm³/mol. The maximum absolute atomic E-state index is 2.41. The number of hydrogen-bond donors (Lipinski definition) is 0. The number of pyridine rings is 1. The van der Waals surface area contributed by atoms with E-state index in [-0.39, 0.29) is 0 Å². The van der Waals surface area contributed by atoms with E-state index in [1.54, 1.807) is 0 Å². The monoisotopic (exact) mass is 261 g/mol. The van der Waals surface area contributed by atoms with Gasteiger partial charge in [-0.1, -0.05) is 30.4 Å². The highest BCUT2D eigenvalue weighted by molar-refractivity contribution is 5.92. The summed E-state index contributed by atoms with van der Waals surface area (Å²) < 4.78 is 4.60. The molecule has 2 heteroatoms. The van der Waals surface area contributed by atoms with Gasteiger partial charge >= 0.3 is 0 Å². The van der Waals surface area contributed by atoms with E-state index >= 15 is 0 Å². The highest BCUT2D eigenvalue weighted by Gasteiger charge is 2.24. The van der Waals surface area contributed by atoms with Crippen LogP contribution >= 0.6 is 0 Å². The van der Waals surface area contributed by atoms with E-state index in [4.69, 9.17) is 0 Å². The Morgan fingerprint density at radius 3 is 2.80 bits per heavy atom. The van der Waals surface area contributed by atoms with Gasteiger partial charge in [-0.15, -0.1) is 0 Å². The molecule has 2 heterocycles. The minimum Gasteiger partial charge on any atom is -0.237 e. The summed E-state index contributed by atoms with van der Waals surface area (Å²) in [5.74, 6) is 1.22. The largest absolute Gasteiger partial charge is 0.286 e. The summed E-state index contributed by atoms with van der Waals surface area (Å²) in [5.41, 5.74) is 4.11. The summed E-state index contributed by atoms with van der Waals surface area (Å²) in [6, 6.07) is 15.1. The molecule has 0 bridgehead atoms. The third-order valence-electron chi connectivity index (χ3n) is 4.10. The third kappa shape index (κ3) is 1.54. The number of nitrogens with zero attached hydrogens (tertiary/aromatic N) is 2. The molecule has 1 aromatic carbocycles. The molecule has 0 amide bonds. The van der Waals surface area contributed by atoms with Crippen LogP contribution in [-0.2, 0) is 13.5 Å². The number of aromatic nitrogens is 2. The fraction of sp³-hybridized carbons (Fsp3) is 0.167. The van der Waals surface area contributed by atoms with Crippen molar-refractivity contribution in [1.82, 2.24) is 4.57 Å². The molecule has 0 N–H and O–H groups in total. The number of para-hydroxylation sites is 1. The van der Waals surface area contributed by atoms with Gasteiger partial charge in [-0.25, -0.2) is 4.57 Å². The fourth-order valence-corrected chi connectivity index (χ4v) is 3.18. The summed E-state index contributed by atoms with van der Waals surface area (Å²) in [4.78, 5) is 0. The molecule has 0 saturated carbocycles. The van der Waals surface area contributed by atoms with E-state index in [9.17, 15) is 0 Å². The lowest BCUT2D eigenvalue weighted by molar-refractivity contribution is -0.665. The molecule has 2 nitrogen and oxygen atoms in total. The Labute approximate surface area is 118 Å². The summed E-state index contributed by atoms with van der Waals surface area (Å²) in [5, 5.41) is 1.35. The molecule has 0 spiro atoms. The summed E-state index contributed by atoms with van der Waals surface area (Å²) in [6.45, 7) is 0. The van der Waals surface area contributed by atoms with E-state index in [1.165, 1.54) is 28.0 Å². The molecule has 0 aliphatic heterocycles. The first-order chi connectivity index (χ1) is 9.86. The van der Waals surface area contributed by atoms with Crippen LogP contribution in [0.15, 0.2) is 54.7 Å². The SMILES string of the molecule is C[n+]1ccccc1-n1c2c(c3ccccc31)C=CCC2. The van der Waals surface area contributed by atoms with E-state index in [0.717, 1.165) is 12.8 Å². The molecule has 98 valence electrons. The maximum Gasteiger partial charge on any atom is 0.286 e. The first-order valence-corrected chi connectivity index (χ1v) is 7.10. The van der Waals surface area contributed by atoms with Crippen molar-refractivity contribution in [3.8, 4) is 5.82 Å². The van der Waals surface area contributed by atoms with Gasteiger partial charge in [0.05, 0.1) is 13.2 Å². The standard InChI is InChI=1S/C18H17N2/c1-19-13-7-6-12-18(19)20-16-10-4-2-8-14(16)15-9-3-5-11-17(15)20/h2-4,6-10,12-13H,5,11H2,1H3/q+1. The molecule has 0 unspecified atom stereocenters. The van der Waals surface area contributed by atoms with E-state index < -0.39 is 0 Å². The predicted octanol–water partition coefficient (Wildman–Crippen LogP) is 3.41. The van der Waals surface area contributed by atoms with Crippen LogP contribution in [-0.4, -0.2) is 4.57 Å². The fourth-order valence-electron chi connectivity index (χ4n) is 3.18. The molecule has 0 radical (unpaired) electrons. The van der Waals surface area contributed by atoms with Gasteiger partial charge in [0.25, 0.3) is 5.82 Å². The Kier molecular flexibility index (Phi) is 2.49. The quantitative estimate of drug-likeness (QED) is 0.594. The molecular formula is C18H17N2+. The molecule has 0 atom stereocenters. The lowest BCUT2D eigenvalue weighted by atomic mass is 10.0. The smallest absolute Gasteiger partial charge is 0.237 e. The van der Waals surface area contributed by atoms with Gasteiger partial charge in [0.2, 0.25) is 0 Å². The van der Waals surface area contributed by atoms with Crippen LogP contribution in [0.5, 0.6) is 0 Å². The maximum atomic E-state index is 2.41. The molecule has 2 aromatic heterocycles. The highest BCUT2D eigenvalue weighted by atomic mass is 15.1. The number of aryl methyl sites for hydroxylation is 1. The molecule has 0 fully saturated rings. The summed E-state index contributed by atoms with van der Waals surface area (Å²) >= 11 is 0. The van der Waals surface area contributed by atoms with Crippen molar-refractivity contribution in [2.75, 3.05) is 0 Å². The van der Waals surface area contributed by atoms with Gasteiger partial charge in [-0.2, -0.15) is 4.57 Å². The summed E-state index contributed by atoms with van der Waals surface area (Å²) in [7, 11) is 2.11. The molecule has 20 heavy (non-hydrogen) atoms. The zero-order valence-corrected chi connectivity index (χ0v) is 11.6. The normalized spacial score (nSPS) is 13.7. The Morgan fingerprint density at radius 2 is 1.90 bits per heavy atom. The van der Waals surface area contributed by atoms with Crippen LogP contribution in [0.2, 0.25) is 0 Å². The van der Waals surface area contributed by atoms with E-state index in [2.05, 4.69) is 77.0 Å². The number of benzene rings is 1. The average molecular weight is 261 g/mol. The zero-order chi connectivity index (χ0) is 13.5. The van der Waals surface area contributed by atoms with Crippen molar-refractivity contribution in [2.24, 2.45) is 7.05 Å². The Morgan fingerprint density at radius 1 is 1.05 bits per heavy atom. The highest BCUT2D eigenvalue weighted by Crippen LogP contribution is 2.32. The molecule has 1 aliphatic rings. The van der Waals surface area contributed by atoms with Crippen molar-refractivity contribution in [1.29, 1.82) is 0 Å². The molecule has 0 saturated heterocycles. The molecular weight excluding hydrogens is 244 g/mol. The second-order valence-electron chi connectivity index (χ2n) is 5.32. The number of fused-ring (bicyclic) bond motifs is 3. The Bertz CT molecular complexity index is 825. The third-order valence-corrected chi connectivity index (χ3v) is 4.10. The van der Waals surface area contributed by atoms with Crippen LogP contribution in [0.25, 0.3) is 22.8 Å². The van der Waals surface area contributed by atoms with Crippen molar-refractivity contribution in [3.63, 3.8) is 0 Å². The minimum atomic E-state index is 1.11. The first-order valence-electron chi connectivity index (χ1n) is 7.10. The second kappa shape index (κ2) is 4.34. The van der Waals surface area contributed by atoms with Crippen LogP contribution in [0.1, 0.15) is 17.7 Å². The molecule has 4 rings (SSSR count). The van der Waals surface area contributed by atoms with Crippen LogP contribution in [0.3, 0.4) is 0 Å². The minimum absolute atomic E-state index is 1.11. The van der Waals surface area contributed by atoms with Crippen molar-refractivity contribution in [2.45, 2.75) is 12.8 Å². The van der Waals surface area contributed by atoms with Gasteiger partial charge in [0, 0.05) is 23.4 Å². The van der Waals surface area contributed by atoms with Crippen LogP contribution in [0.4, 0.5) is 0 Å². The van der Waals surface area contributed by atoms with Gasteiger partial charge in [0.15, 0.2) is 0 Å². The Balaban J connectivity index is 2.14. The van der Waals surface area contributed by atoms with Crippen molar-refractivity contribution >= 4 is 17.0 Å². The summed E-state index contributed by atoms with van der Waals surface area (Å²) in [6.07, 6.45) is 8.90. The molecule has 3 aromatic rings. The van der Waals surface area contributed by atoms with E-state index in [1.807, 2.05) is 0 Å². The topological polar surface area (TPSA) is 8.81 Å². The van der Waals surface area contributed by atoms with Gasteiger partial charge in [0.1, 0.15) is 11.2 Å². The molecule has 1 aliphatic carbocycles. The average Bonchev–Trinajstić information content (AvgIpc) is 2.83. The number of rotatable bonds is 1. The van der Waals surface area contributed by atoms with Crippen molar-refractivity contribution in [3.05, 3.63) is 66.0 Å². The Hall–Kier alpha value is -2.35. The number of allylic oxidation sites excluding steroid dienone is 1. The van der Waals surface area contributed by atoms with Gasteiger partial charge < -0.3 is 0 Å². The van der Waals surface area contributed by atoms with Gasteiger partial charge in [-0.3, -0.25) is 0 Å². The van der Waals surface area contributed by atoms with Crippen LogP contribution < -0.4 is 4.57 Å². The lowest BCUT2D eigenvalue weighted by Gasteiger charge is -2.08. The second-order valence-corrected chi connectivity index (χ2v) is 5.32. The zero-order valence-electron chi connectivity index (χ0n) is 11.6. The lowest BCUT2D eigenvalue weighted by Crippen LogP contribution is -2.33. The first kappa shape index (κ1) is 11.5. The number of hydrogen-bond acceptors (Lipinski definition) is 0.